The fourth-order valence-electron chi connectivity index (χ4n) is 3.64. The van der Waals surface area contributed by atoms with Crippen LogP contribution in [-0.4, -0.2) is 48.6 Å². The van der Waals surface area contributed by atoms with Crippen molar-refractivity contribution in [2.75, 3.05) is 6.54 Å². The number of nitrogens with zero attached hydrogens (tertiary/aromatic N) is 6. The average molecular weight is 459 g/mol. The Morgan fingerprint density at radius 1 is 1.15 bits per heavy atom. The highest BCUT2D eigenvalue weighted by molar-refractivity contribution is 5.93. The first-order valence-corrected chi connectivity index (χ1v) is 10.7. The smallest absolute Gasteiger partial charge is 0.387 e. The van der Waals surface area contributed by atoms with Gasteiger partial charge in [0.25, 0.3) is 11.8 Å². The van der Waals surface area contributed by atoms with Crippen LogP contribution in [-0.2, 0) is 19.5 Å². The summed E-state index contributed by atoms with van der Waals surface area (Å²) in [5, 5.41) is 15.3. The van der Waals surface area contributed by atoms with Crippen molar-refractivity contribution in [3.63, 3.8) is 0 Å². The zero-order valence-electron chi connectivity index (χ0n) is 18.3. The number of carbonyl (C=O) groups is 2. The van der Waals surface area contributed by atoms with E-state index in [1.165, 1.54) is 4.80 Å². The van der Waals surface area contributed by atoms with Crippen molar-refractivity contribution in [3.8, 4) is 11.6 Å². The van der Waals surface area contributed by atoms with Gasteiger partial charge < -0.3 is 19.5 Å². The molecule has 1 aliphatic rings. The van der Waals surface area contributed by atoms with Crippen LogP contribution in [0.3, 0.4) is 0 Å². The molecule has 11 heteroatoms. The van der Waals surface area contributed by atoms with Crippen LogP contribution < -0.4 is 10.1 Å². The minimum atomic E-state index is -0.676. The second kappa shape index (κ2) is 9.14. The molecule has 11 nitrogen and oxygen atoms in total. The number of rotatable bonds is 5. The third-order valence-corrected chi connectivity index (χ3v) is 5.40. The first kappa shape index (κ1) is 21.3. The zero-order chi connectivity index (χ0) is 23.5. The van der Waals surface area contributed by atoms with Crippen molar-refractivity contribution >= 4 is 12.0 Å². The third kappa shape index (κ3) is 4.35. The van der Waals surface area contributed by atoms with Gasteiger partial charge in [-0.05, 0) is 35.8 Å². The predicted molar refractivity (Wildman–Crippen MR) is 118 cm³/mol. The zero-order valence-corrected chi connectivity index (χ0v) is 18.3. The number of aromatic nitrogens is 5. The number of fused-ring (bicyclic) bond motifs is 1. The molecule has 0 atom stereocenters. The first-order chi connectivity index (χ1) is 16.6. The van der Waals surface area contributed by atoms with Gasteiger partial charge in [0, 0.05) is 31.9 Å². The minimum absolute atomic E-state index is 0.0425. The second-order valence-corrected chi connectivity index (χ2v) is 7.73. The van der Waals surface area contributed by atoms with Crippen LogP contribution in [0.5, 0.6) is 5.88 Å². The van der Waals surface area contributed by atoms with E-state index in [2.05, 4.69) is 25.7 Å². The molecule has 4 heterocycles. The maximum Gasteiger partial charge on any atom is 0.414 e. The van der Waals surface area contributed by atoms with Gasteiger partial charge in [-0.15, -0.1) is 5.10 Å². The highest BCUT2D eigenvalue weighted by atomic mass is 16.6. The summed E-state index contributed by atoms with van der Waals surface area (Å²) < 4.78 is 10.7. The van der Waals surface area contributed by atoms with Crippen LogP contribution in [0.15, 0.2) is 59.4 Å². The minimum Gasteiger partial charge on any atom is -0.387 e. The number of para-hydroxylation sites is 1. The Kier molecular flexibility index (Phi) is 5.73. The van der Waals surface area contributed by atoms with E-state index in [0.29, 0.717) is 30.0 Å². The van der Waals surface area contributed by atoms with E-state index in [4.69, 9.17) is 9.26 Å². The lowest BCUT2D eigenvalue weighted by molar-refractivity contribution is 0.0721. The Labute approximate surface area is 194 Å². The van der Waals surface area contributed by atoms with Crippen LogP contribution in [0.4, 0.5) is 4.79 Å². The Hall–Kier alpha value is -4.54. The van der Waals surface area contributed by atoms with Gasteiger partial charge >= 0.3 is 6.09 Å². The summed E-state index contributed by atoms with van der Waals surface area (Å²) in [4.78, 5) is 32.5. The van der Waals surface area contributed by atoms with E-state index in [0.717, 1.165) is 11.3 Å². The summed E-state index contributed by atoms with van der Waals surface area (Å²) in [6.45, 7) is 2.61. The van der Waals surface area contributed by atoms with Crippen molar-refractivity contribution in [1.82, 2.24) is 35.4 Å². The number of nitrogens with one attached hydrogen (secondary N) is 1. The molecule has 5 rings (SSSR count). The maximum absolute atomic E-state index is 13.2. The van der Waals surface area contributed by atoms with Gasteiger partial charge in [-0.3, -0.25) is 9.78 Å². The molecule has 2 amide bonds. The summed E-state index contributed by atoms with van der Waals surface area (Å²) in [6.07, 6.45) is 3.07. The van der Waals surface area contributed by atoms with Gasteiger partial charge in [-0.1, -0.05) is 24.3 Å². The van der Waals surface area contributed by atoms with Crippen molar-refractivity contribution < 1.29 is 18.8 Å². The van der Waals surface area contributed by atoms with E-state index in [1.54, 1.807) is 30.3 Å². The van der Waals surface area contributed by atoms with Crippen molar-refractivity contribution in [1.29, 1.82) is 0 Å². The molecule has 3 aromatic heterocycles. The Morgan fingerprint density at radius 3 is 2.79 bits per heavy atom. The fourth-order valence-corrected chi connectivity index (χ4v) is 3.64. The lowest BCUT2D eigenvalue weighted by atomic mass is 10.1. The van der Waals surface area contributed by atoms with Crippen LogP contribution >= 0.6 is 0 Å². The highest BCUT2D eigenvalue weighted by Gasteiger charge is 2.31. The summed E-state index contributed by atoms with van der Waals surface area (Å²) in [5.41, 5.74) is 2.94. The van der Waals surface area contributed by atoms with Gasteiger partial charge in [0.2, 0.25) is 0 Å². The third-order valence-electron chi connectivity index (χ3n) is 5.40. The number of ether oxygens (including phenoxy) is 1. The van der Waals surface area contributed by atoms with E-state index in [1.807, 2.05) is 36.4 Å². The highest BCUT2D eigenvalue weighted by Crippen LogP contribution is 2.28. The van der Waals surface area contributed by atoms with Crippen LogP contribution in [0.25, 0.3) is 5.69 Å². The Morgan fingerprint density at radius 2 is 2.00 bits per heavy atom. The Balaban J connectivity index is 1.27. The number of pyridine rings is 1. The molecule has 0 spiro atoms. The molecule has 0 unspecified atom stereocenters. The van der Waals surface area contributed by atoms with Gasteiger partial charge in [0.05, 0.1) is 23.5 Å². The summed E-state index contributed by atoms with van der Waals surface area (Å²) in [5.74, 6) is 0.364. The van der Waals surface area contributed by atoms with Gasteiger partial charge in [0.1, 0.15) is 5.76 Å². The lowest BCUT2D eigenvalue weighted by Gasteiger charge is -2.25. The van der Waals surface area contributed by atoms with E-state index < -0.39 is 6.09 Å². The molecule has 4 aromatic rings. The molecule has 1 aliphatic heterocycles. The molecule has 0 fully saturated rings. The monoisotopic (exact) mass is 459 g/mol. The van der Waals surface area contributed by atoms with Gasteiger partial charge in [-0.25, -0.2) is 4.79 Å². The molecule has 0 aliphatic carbocycles. The molecule has 172 valence electrons. The van der Waals surface area contributed by atoms with Gasteiger partial charge in [-0.2, -0.15) is 9.90 Å². The lowest BCUT2D eigenvalue weighted by Crippen LogP contribution is -2.36. The van der Waals surface area contributed by atoms with E-state index >= 15 is 0 Å². The Bertz CT molecular complexity index is 1320. The molecule has 0 saturated carbocycles. The normalized spacial score (nSPS) is 12.8. The standard InChI is InChI=1S/C23H21N7O4/c1-15-20(27-30(26-15)17-7-3-2-4-8-17)22(31)29-11-9-19-18(14-29)21(28-34-19)33-23(32)25-13-16-6-5-10-24-12-16/h2-8,10,12H,9,11,13-14H2,1H3,(H,25,32). The van der Waals surface area contributed by atoms with Crippen molar-refractivity contribution in [3.05, 3.63) is 83.1 Å². The van der Waals surface area contributed by atoms with Crippen molar-refractivity contribution in [2.45, 2.75) is 26.4 Å². The quantitative estimate of drug-likeness (QED) is 0.482. The first-order valence-electron chi connectivity index (χ1n) is 10.7. The maximum atomic E-state index is 13.2. The van der Waals surface area contributed by atoms with E-state index in [-0.39, 0.29) is 30.6 Å². The largest absolute Gasteiger partial charge is 0.414 e. The van der Waals surface area contributed by atoms with Gasteiger partial charge in [0.15, 0.2) is 5.69 Å². The topological polar surface area (TPSA) is 128 Å². The average Bonchev–Trinajstić information content (AvgIpc) is 3.46. The molecule has 34 heavy (non-hydrogen) atoms. The summed E-state index contributed by atoms with van der Waals surface area (Å²) in [6, 6.07) is 13.0. The number of hydrogen-bond donors (Lipinski definition) is 1. The van der Waals surface area contributed by atoms with Crippen LogP contribution in [0, 0.1) is 6.92 Å². The number of benzene rings is 1. The van der Waals surface area contributed by atoms with Crippen LogP contribution in [0.2, 0.25) is 0 Å². The predicted octanol–water partition coefficient (Wildman–Crippen LogP) is 2.45. The molecule has 0 bridgehead atoms. The number of hydrogen-bond acceptors (Lipinski definition) is 8. The molecular formula is C23H21N7O4. The second-order valence-electron chi connectivity index (χ2n) is 7.73. The molecule has 1 aromatic carbocycles. The SMILES string of the molecule is Cc1nn(-c2ccccc2)nc1C(=O)N1CCc2onc(OC(=O)NCc3cccnc3)c2C1. The molecular weight excluding hydrogens is 438 g/mol. The fraction of sp³-hybridized carbons (Fsp3) is 0.217. The number of aryl methyl sites for hydroxylation is 1. The van der Waals surface area contributed by atoms with Crippen molar-refractivity contribution in [2.24, 2.45) is 0 Å². The van der Waals surface area contributed by atoms with E-state index in [9.17, 15) is 9.59 Å². The number of amides is 2. The number of carbonyl (C=O) groups excluding carboxylic acids is 2. The molecule has 0 saturated heterocycles. The summed E-state index contributed by atoms with van der Waals surface area (Å²) in [7, 11) is 0. The summed E-state index contributed by atoms with van der Waals surface area (Å²) >= 11 is 0. The van der Waals surface area contributed by atoms with Crippen LogP contribution in [0.1, 0.15) is 33.1 Å². The molecule has 0 radical (unpaired) electrons. The molecule has 1 N–H and O–H groups in total.